The van der Waals surface area contributed by atoms with Crippen molar-refractivity contribution in [3.8, 4) is 0 Å². The number of carbonyl (C=O) groups is 2. The second-order valence-electron chi connectivity index (χ2n) is 4.10. The van der Waals surface area contributed by atoms with Crippen molar-refractivity contribution in [2.45, 2.75) is 18.9 Å². The second-order valence-corrected chi connectivity index (χ2v) is 4.10. The normalized spacial score (nSPS) is 11.3. The van der Waals surface area contributed by atoms with Crippen LogP contribution in [0, 0.1) is 0 Å². The van der Waals surface area contributed by atoms with Crippen LogP contribution in [-0.2, 0) is 6.54 Å². The molecule has 0 atom stereocenters. The lowest BCUT2D eigenvalue weighted by atomic mass is 10.1. The third kappa shape index (κ3) is 5.28. The van der Waals surface area contributed by atoms with E-state index in [0.29, 0.717) is 5.56 Å². The van der Waals surface area contributed by atoms with Gasteiger partial charge >= 0.3 is 24.3 Å². The van der Waals surface area contributed by atoms with Gasteiger partial charge in [0.2, 0.25) is 0 Å². The van der Waals surface area contributed by atoms with Gasteiger partial charge in [-0.2, -0.15) is 8.78 Å². The number of carboxylic acid groups (broad SMARTS) is 1. The minimum absolute atomic E-state index is 0.0553. The largest absolute Gasteiger partial charge is 0.478 e. The number of aromatic carboxylic acids is 1. The van der Waals surface area contributed by atoms with E-state index >= 15 is 0 Å². The molecule has 0 saturated heterocycles. The summed E-state index contributed by atoms with van der Waals surface area (Å²) in [5.74, 6) is -5.40. The molecule has 0 saturated carbocycles. The summed E-state index contributed by atoms with van der Waals surface area (Å²) < 4.78 is 48.8. The van der Waals surface area contributed by atoms with Crippen LogP contribution in [0.3, 0.4) is 0 Å². The molecule has 0 aromatic heterocycles. The summed E-state index contributed by atoms with van der Waals surface area (Å²) in [5.41, 5.74) is 0.579. The zero-order valence-corrected chi connectivity index (χ0v) is 10.6. The maximum absolute atomic E-state index is 12.5. The molecular weight excluding hydrogens is 296 g/mol. The van der Waals surface area contributed by atoms with Gasteiger partial charge in [0.25, 0.3) is 0 Å². The van der Waals surface area contributed by atoms with E-state index in [2.05, 4.69) is 5.32 Å². The average molecular weight is 308 g/mol. The average Bonchev–Trinajstić information content (AvgIpc) is 2.43. The monoisotopic (exact) mass is 308 g/mol. The quantitative estimate of drug-likeness (QED) is 0.704. The standard InChI is InChI=1S/C12H12F4N2O3/c13-10(14)12(15,16)6-18-11(21)17-5-7-1-3-8(4-2-7)9(19)20/h1-4,10H,5-6H2,(H,19,20)(H2,17,18,21). The molecule has 1 aromatic rings. The lowest BCUT2D eigenvalue weighted by Crippen LogP contribution is -2.45. The van der Waals surface area contributed by atoms with Gasteiger partial charge in [0, 0.05) is 6.54 Å². The van der Waals surface area contributed by atoms with Gasteiger partial charge in [-0.25, -0.2) is 18.4 Å². The van der Waals surface area contributed by atoms with Gasteiger partial charge in [0.15, 0.2) is 0 Å². The Bertz CT molecular complexity index is 506. The summed E-state index contributed by atoms with van der Waals surface area (Å²) in [7, 11) is 0. The summed E-state index contributed by atoms with van der Waals surface area (Å²) in [6.45, 7) is -1.54. The highest BCUT2D eigenvalue weighted by Gasteiger charge is 2.40. The first-order chi connectivity index (χ1) is 9.72. The molecule has 0 bridgehead atoms. The van der Waals surface area contributed by atoms with Gasteiger partial charge in [-0.3, -0.25) is 0 Å². The van der Waals surface area contributed by atoms with Crippen molar-refractivity contribution >= 4 is 12.0 Å². The zero-order chi connectivity index (χ0) is 16.0. The number of carbonyl (C=O) groups excluding carboxylic acids is 1. The van der Waals surface area contributed by atoms with Crippen molar-refractivity contribution in [3.63, 3.8) is 0 Å². The predicted molar refractivity (Wildman–Crippen MR) is 64.6 cm³/mol. The Morgan fingerprint density at radius 1 is 1.14 bits per heavy atom. The molecule has 2 amide bonds. The topological polar surface area (TPSA) is 78.4 Å². The first-order valence-corrected chi connectivity index (χ1v) is 5.72. The lowest BCUT2D eigenvalue weighted by Gasteiger charge is -2.16. The van der Waals surface area contributed by atoms with E-state index in [9.17, 15) is 27.2 Å². The fraction of sp³-hybridized carbons (Fsp3) is 0.333. The molecule has 0 aliphatic heterocycles. The molecule has 0 radical (unpaired) electrons. The Morgan fingerprint density at radius 3 is 2.19 bits per heavy atom. The van der Waals surface area contributed by atoms with E-state index in [1.165, 1.54) is 24.3 Å². The molecule has 0 spiro atoms. The van der Waals surface area contributed by atoms with E-state index in [0.717, 1.165) is 0 Å². The molecule has 5 nitrogen and oxygen atoms in total. The Morgan fingerprint density at radius 2 is 1.71 bits per heavy atom. The third-order valence-corrected chi connectivity index (χ3v) is 2.46. The van der Waals surface area contributed by atoms with Crippen LogP contribution in [0.2, 0.25) is 0 Å². The van der Waals surface area contributed by atoms with Crippen molar-refractivity contribution < 1.29 is 32.3 Å². The van der Waals surface area contributed by atoms with E-state index in [4.69, 9.17) is 5.11 Å². The minimum atomic E-state index is -4.29. The second kappa shape index (κ2) is 6.91. The molecule has 0 aliphatic carbocycles. The number of amides is 2. The summed E-state index contributed by atoms with van der Waals surface area (Å²) in [5, 5.41) is 12.5. The van der Waals surface area contributed by atoms with Crippen LogP contribution in [0.25, 0.3) is 0 Å². The molecular formula is C12H12F4N2O3. The summed E-state index contributed by atoms with van der Waals surface area (Å²) in [6.07, 6.45) is -3.86. The highest BCUT2D eigenvalue weighted by atomic mass is 19.3. The Kier molecular flexibility index (Phi) is 5.51. The maximum atomic E-state index is 12.5. The minimum Gasteiger partial charge on any atom is -0.478 e. The number of hydrogen-bond donors (Lipinski definition) is 3. The molecule has 1 rings (SSSR count). The Hall–Kier alpha value is -2.32. The van der Waals surface area contributed by atoms with E-state index in [1.807, 2.05) is 0 Å². The van der Waals surface area contributed by atoms with Crippen molar-refractivity contribution in [2.24, 2.45) is 0 Å². The highest BCUT2D eigenvalue weighted by Crippen LogP contribution is 2.21. The maximum Gasteiger partial charge on any atom is 0.335 e. The number of hydrogen-bond acceptors (Lipinski definition) is 2. The van der Waals surface area contributed by atoms with Gasteiger partial charge < -0.3 is 15.7 Å². The van der Waals surface area contributed by atoms with E-state index in [1.54, 1.807) is 5.32 Å². The van der Waals surface area contributed by atoms with Crippen LogP contribution in [0.1, 0.15) is 15.9 Å². The summed E-state index contributed by atoms with van der Waals surface area (Å²) >= 11 is 0. The van der Waals surface area contributed by atoms with Gasteiger partial charge in [0.05, 0.1) is 12.1 Å². The third-order valence-electron chi connectivity index (χ3n) is 2.46. The fourth-order valence-corrected chi connectivity index (χ4v) is 1.29. The number of halogens is 4. The molecule has 1 aromatic carbocycles. The molecule has 9 heteroatoms. The van der Waals surface area contributed by atoms with Gasteiger partial charge in [0.1, 0.15) is 0 Å². The molecule has 21 heavy (non-hydrogen) atoms. The number of rotatable bonds is 6. The highest BCUT2D eigenvalue weighted by molar-refractivity contribution is 5.87. The van der Waals surface area contributed by atoms with E-state index in [-0.39, 0.29) is 12.1 Å². The van der Waals surface area contributed by atoms with Crippen molar-refractivity contribution in [1.29, 1.82) is 0 Å². The summed E-state index contributed by atoms with van der Waals surface area (Å²) in [4.78, 5) is 21.8. The number of urea groups is 1. The first-order valence-electron chi connectivity index (χ1n) is 5.72. The molecule has 0 heterocycles. The molecule has 116 valence electrons. The van der Waals surface area contributed by atoms with Crippen molar-refractivity contribution in [1.82, 2.24) is 10.6 Å². The smallest absolute Gasteiger partial charge is 0.335 e. The number of alkyl halides is 4. The molecule has 3 N–H and O–H groups in total. The lowest BCUT2D eigenvalue weighted by molar-refractivity contribution is -0.123. The first kappa shape index (κ1) is 16.7. The molecule has 0 unspecified atom stereocenters. The van der Waals surface area contributed by atoms with Crippen LogP contribution in [-0.4, -0.2) is 36.0 Å². The Balaban J connectivity index is 2.41. The van der Waals surface area contributed by atoms with Crippen LogP contribution in [0.5, 0.6) is 0 Å². The SMILES string of the molecule is O=C(NCc1ccc(C(=O)O)cc1)NCC(F)(F)C(F)F. The predicted octanol–water partition coefficient (Wildman–Crippen LogP) is 2.08. The zero-order valence-electron chi connectivity index (χ0n) is 10.6. The molecule has 0 aliphatic rings. The number of carboxylic acids is 1. The van der Waals surface area contributed by atoms with Crippen LogP contribution < -0.4 is 10.6 Å². The number of nitrogens with one attached hydrogen (secondary N) is 2. The van der Waals surface area contributed by atoms with E-state index < -0.39 is 30.9 Å². The van der Waals surface area contributed by atoms with Gasteiger partial charge in [-0.05, 0) is 17.7 Å². The van der Waals surface area contributed by atoms with Gasteiger partial charge in [-0.1, -0.05) is 12.1 Å². The number of benzene rings is 1. The van der Waals surface area contributed by atoms with Crippen molar-refractivity contribution in [3.05, 3.63) is 35.4 Å². The van der Waals surface area contributed by atoms with Gasteiger partial charge in [-0.15, -0.1) is 0 Å². The fourth-order valence-electron chi connectivity index (χ4n) is 1.29. The van der Waals surface area contributed by atoms with Crippen LogP contribution in [0.4, 0.5) is 22.4 Å². The summed E-state index contributed by atoms with van der Waals surface area (Å²) in [6, 6.07) is 4.44. The molecule has 0 fully saturated rings. The Labute approximate surface area is 117 Å². The van der Waals surface area contributed by atoms with Crippen LogP contribution >= 0.6 is 0 Å². The van der Waals surface area contributed by atoms with Crippen molar-refractivity contribution in [2.75, 3.05) is 6.54 Å². The van der Waals surface area contributed by atoms with Crippen LogP contribution in [0.15, 0.2) is 24.3 Å².